The Kier molecular flexibility index (Phi) is 2.96. The smallest absolute Gasteiger partial charge is 0.0497 e. The summed E-state index contributed by atoms with van der Waals surface area (Å²) in [6, 6.07) is 6.61. The van der Waals surface area contributed by atoms with E-state index in [-0.39, 0.29) is 12.5 Å². The third-order valence-electron chi connectivity index (χ3n) is 3.33. The van der Waals surface area contributed by atoms with E-state index in [1.807, 2.05) is 0 Å². The van der Waals surface area contributed by atoms with Gasteiger partial charge in [-0.15, -0.1) is 0 Å². The molecular formula is C13H19NO. The fourth-order valence-electron chi connectivity index (χ4n) is 2.20. The maximum atomic E-state index is 9.15. The summed E-state index contributed by atoms with van der Waals surface area (Å²) >= 11 is 0. The van der Waals surface area contributed by atoms with Crippen LogP contribution in [0.3, 0.4) is 0 Å². The van der Waals surface area contributed by atoms with Gasteiger partial charge in [0.15, 0.2) is 0 Å². The third kappa shape index (κ3) is 1.86. The number of benzene rings is 1. The molecule has 1 aromatic carbocycles. The van der Waals surface area contributed by atoms with Gasteiger partial charge in [-0.3, -0.25) is 0 Å². The fraction of sp³-hybridized carbons (Fsp3) is 0.538. The minimum absolute atomic E-state index is 0.227. The number of hydrogen-bond donors (Lipinski definition) is 1. The number of aliphatic hydroxyl groups is 1. The molecule has 1 aliphatic heterocycles. The molecule has 0 aliphatic carbocycles. The highest BCUT2D eigenvalue weighted by atomic mass is 16.3. The summed E-state index contributed by atoms with van der Waals surface area (Å²) in [5.41, 5.74) is 4.07. The van der Waals surface area contributed by atoms with E-state index in [0.717, 1.165) is 19.5 Å². The summed E-state index contributed by atoms with van der Waals surface area (Å²) in [5.74, 6) is 0.245. The molecule has 0 aromatic heterocycles. The van der Waals surface area contributed by atoms with Crippen molar-refractivity contribution in [1.29, 1.82) is 0 Å². The Morgan fingerprint density at radius 2 is 2.27 bits per heavy atom. The predicted molar refractivity (Wildman–Crippen MR) is 63.5 cm³/mol. The molecular weight excluding hydrogens is 186 g/mol. The van der Waals surface area contributed by atoms with Crippen LogP contribution >= 0.6 is 0 Å². The van der Waals surface area contributed by atoms with E-state index in [9.17, 15) is 0 Å². The van der Waals surface area contributed by atoms with Crippen LogP contribution in [0.4, 0.5) is 5.69 Å². The molecule has 0 saturated heterocycles. The summed E-state index contributed by atoms with van der Waals surface area (Å²) in [7, 11) is 0. The van der Waals surface area contributed by atoms with Gasteiger partial charge in [0.1, 0.15) is 0 Å². The molecule has 2 heteroatoms. The number of hydrogen-bond acceptors (Lipinski definition) is 2. The maximum absolute atomic E-state index is 9.15. The highest BCUT2D eigenvalue weighted by molar-refractivity contribution is 5.59. The second-order valence-corrected chi connectivity index (χ2v) is 4.30. The zero-order valence-corrected chi connectivity index (χ0v) is 9.53. The van der Waals surface area contributed by atoms with Gasteiger partial charge in [0, 0.05) is 31.3 Å². The first-order valence-electron chi connectivity index (χ1n) is 5.75. The van der Waals surface area contributed by atoms with E-state index in [4.69, 9.17) is 5.11 Å². The molecule has 2 nitrogen and oxygen atoms in total. The van der Waals surface area contributed by atoms with E-state index in [0.29, 0.717) is 0 Å². The van der Waals surface area contributed by atoms with Gasteiger partial charge in [-0.2, -0.15) is 0 Å². The lowest BCUT2D eigenvalue weighted by Crippen LogP contribution is -2.19. The molecule has 0 bridgehead atoms. The van der Waals surface area contributed by atoms with Gasteiger partial charge < -0.3 is 10.0 Å². The summed E-state index contributed by atoms with van der Waals surface area (Å²) in [4.78, 5) is 2.41. The molecule has 82 valence electrons. The van der Waals surface area contributed by atoms with E-state index < -0.39 is 0 Å². The average molecular weight is 205 g/mol. The van der Waals surface area contributed by atoms with Crippen molar-refractivity contribution >= 4 is 5.69 Å². The molecule has 0 saturated carbocycles. The van der Waals surface area contributed by atoms with Crippen molar-refractivity contribution in [2.75, 3.05) is 24.6 Å². The normalized spacial score (nSPS) is 16.6. The molecule has 0 radical (unpaired) electrons. The first-order chi connectivity index (χ1) is 7.26. The van der Waals surface area contributed by atoms with Crippen molar-refractivity contribution in [2.45, 2.75) is 26.2 Å². The second kappa shape index (κ2) is 4.23. The highest BCUT2D eigenvalue weighted by Gasteiger charge is 2.18. The Morgan fingerprint density at radius 1 is 1.47 bits per heavy atom. The van der Waals surface area contributed by atoms with Crippen molar-refractivity contribution in [3.63, 3.8) is 0 Å². The van der Waals surface area contributed by atoms with E-state index in [2.05, 4.69) is 36.9 Å². The Hall–Kier alpha value is -1.02. The van der Waals surface area contributed by atoms with Crippen LogP contribution in [0, 0.1) is 0 Å². The molecule has 1 aliphatic rings. The minimum atomic E-state index is 0.227. The fourth-order valence-corrected chi connectivity index (χ4v) is 2.20. The summed E-state index contributed by atoms with van der Waals surface area (Å²) in [6.45, 7) is 6.70. The van der Waals surface area contributed by atoms with Crippen LogP contribution in [0.5, 0.6) is 0 Å². The van der Waals surface area contributed by atoms with Crippen molar-refractivity contribution < 1.29 is 5.11 Å². The monoisotopic (exact) mass is 205 g/mol. The van der Waals surface area contributed by atoms with Crippen molar-refractivity contribution in [3.05, 3.63) is 29.3 Å². The van der Waals surface area contributed by atoms with Crippen LogP contribution in [-0.2, 0) is 6.42 Å². The molecule has 1 heterocycles. The summed E-state index contributed by atoms with van der Waals surface area (Å²) in [6.07, 6.45) is 1.16. The highest BCUT2D eigenvalue weighted by Crippen LogP contribution is 2.30. The lowest BCUT2D eigenvalue weighted by atomic mass is 9.99. The number of rotatable bonds is 3. The number of likely N-dealkylation sites (N-methyl/N-ethyl adjacent to an activating group) is 1. The van der Waals surface area contributed by atoms with E-state index in [1.54, 1.807) is 0 Å². The van der Waals surface area contributed by atoms with E-state index >= 15 is 0 Å². The topological polar surface area (TPSA) is 23.5 Å². The molecule has 1 atom stereocenters. The van der Waals surface area contributed by atoms with Crippen molar-refractivity contribution in [1.82, 2.24) is 0 Å². The number of anilines is 1. The summed E-state index contributed by atoms with van der Waals surface area (Å²) in [5, 5.41) is 9.15. The Bertz CT molecular complexity index is 348. The molecule has 1 unspecified atom stereocenters. The lowest BCUT2D eigenvalue weighted by molar-refractivity contribution is 0.273. The van der Waals surface area contributed by atoms with Crippen LogP contribution in [0.15, 0.2) is 18.2 Å². The van der Waals surface area contributed by atoms with Crippen molar-refractivity contribution in [3.8, 4) is 0 Å². The van der Waals surface area contributed by atoms with Gasteiger partial charge >= 0.3 is 0 Å². The van der Waals surface area contributed by atoms with Gasteiger partial charge in [-0.1, -0.05) is 19.1 Å². The zero-order valence-electron chi connectivity index (χ0n) is 9.53. The average Bonchev–Trinajstić information content (AvgIpc) is 2.69. The van der Waals surface area contributed by atoms with Crippen molar-refractivity contribution in [2.24, 2.45) is 0 Å². The van der Waals surface area contributed by atoms with E-state index in [1.165, 1.54) is 16.8 Å². The Labute approximate surface area is 91.5 Å². The number of nitrogens with zero attached hydrogens (tertiary/aromatic N) is 1. The van der Waals surface area contributed by atoms with Crippen LogP contribution in [0.25, 0.3) is 0 Å². The predicted octanol–water partition coefficient (Wildman–Crippen LogP) is 2.16. The van der Waals surface area contributed by atoms with Crippen LogP contribution < -0.4 is 4.90 Å². The zero-order chi connectivity index (χ0) is 10.8. The standard InChI is InChI=1S/C13H19NO/c1-3-14-7-6-11-4-5-12(8-13(11)14)10(2)9-15/h4-5,8,10,15H,3,6-7,9H2,1-2H3. The largest absolute Gasteiger partial charge is 0.396 e. The number of aliphatic hydroxyl groups excluding tert-OH is 1. The lowest BCUT2D eigenvalue weighted by Gasteiger charge is -2.18. The first-order valence-corrected chi connectivity index (χ1v) is 5.75. The molecule has 1 N–H and O–H groups in total. The minimum Gasteiger partial charge on any atom is -0.396 e. The molecule has 0 spiro atoms. The molecule has 15 heavy (non-hydrogen) atoms. The van der Waals surface area contributed by atoms with Crippen LogP contribution in [0.2, 0.25) is 0 Å². The Morgan fingerprint density at radius 3 is 2.93 bits per heavy atom. The molecule has 2 rings (SSSR count). The maximum Gasteiger partial charge on any atom is 0.0497 e. The quantitative estimate of drug-likeness (QED) is 0.817. The SMILES string of the molecule is CCN1CCc2ccc(C(C)CO)cc21. The number of fused-ring (bicyclic) bond motifs is 1. The molecule has 0 amide bonds. The van der Waals surface area contributed by atoms with Gasteiger partial charge in [0.05, 0.1) is 0 Å². The molecule has 1 aromatic rings. The van der Waals surface area contributed by atoms with Gasteiger partial charge in [-0.05, 0) is 30.5 Å². The second-order valence-electron chi connectivity index (χ2n) is 4.30. The Balaban J connectivity index is 2.32. The summed E-state index contributed by atoms with van der Waals surface area (Å²) < 4.78 is 0. The third-order valence-corrected chi connectivity index (χ3v) is 3.33. The van der Waals surface area contributed by atoms with Gasteiger partial charge in [0.2, 0.25) is 0 Å². The van der Waals surface area contributed by atoms with Crippen LogP contribution in [0.1, 0.15) is 30.9 Å². The molecule has 0 fully saturated rings. The first kappa shape index (κ1) is 10.5. The van der Waals surface area contributed by atoms with Gasteiger partial charge in [-0.25, -0.2) is 0 Å². The van der Waals surface area contributed by atoms with Gasteiger partial charge in [0.25, 0.3) is 0 Å². The van der Waals surface area contributed by atoms with Crippen LogP contribution in [-0.4, -0.2) is 24.8 Å².